The Bertz CT molecular complexity index is 1220. The summed E-state index contributed by atoms with van der Waals surface area (Å²) in [7, 11) is -3.92. The summed E-state index contributed by atoms with van der Waals surface area (Å²) in [5.41, 5.74) is 1.54. The maximum absolute atomic E-state index is 13.3. The Labute approximate surface area is 197 Å². The summed E-state index contributed by atoms with van der Waals surface area (Å²) in [5, 5.41) is 0. The van der Waals surface area contributed by atoms with Gasteiger partial charge in [0, 0.05) is 38.4 Å². The summed E-state index contributed by atoms with van der Waals surface area (Å²) in [4.78, 5) is 4.21. The van der Waals surface area contributed by atoms with Crippen molar-refractivity contribution >= 4 is 15.8 Å². The maximum Gasteiger partial charge on any atom is 0.416 e. The highest BCUT2D eigenvalue weighted by molar-refractivity contribution is 7.87. The molecule has 1 aliphatic heterocycles. The number of aryl methyl sites for hydroxylation is 1. The molecule has 1 saturated heterocycles. The summed E-state index contributed by atoms with van der Waals surface area (Å²) in [6.07, 6.45) is -4.37. The Morgan fingerprint density at radius 2 is 1.47 bits per heavy atom. The summed E-state index contributed by atoms with van der Waals surface area (Å²) in [5.74, 6) is 0.215. The van der Waals surface area contributed by atoms with E-state index in [4.69, 9.17) is 4.18 Å². The number of anilines is 1. The molecule has 0 atom stereocenters. The summed E-state index contributed by atoms with van der Waals surface area (Å²) in [6.45, 7) is 4.65. The Balaban J connectivity index is 1.35. The molecular weight excluding hydrogens is 465 g/mol. The molecule has 34 heavy (non-hydrogen) atoms. The topological polar surface area (TPSA) is 49.9 Å². The SMILES string of the molecule is Cc1ccc(S(=O)(=O)Oc2ccc(N3CCN(Cc4ccccc4C(F)(F)F)CC3)cc2)cc1. The molecular formula is C25H25F3N2O3S. The van der Waals surface area contributed by atoms with Crippen molar-refractivity contribution < 1.29 is 25.8 Å². The van der Waals surface area contributed by atoms with Gasteiger partial charge in [-0.05, 0) is 55.0 Å². The van der Waals surface area contributed by atoms with E-state index in [1.165, 1.54) is 24.3 Å². The van der Waals surface area contributed by atoms with E-state index in [1.54, 1.807) is 42.5 Å². The molecule has 3 aromatic rings. The quantitative estimate of drug-likeness (QED) is 0.450. The molecule has 1 fully saturated rings. The molecule has 0 radical (unpaired) electrons. The molecule has 4 rings (SSSR count). The van der Waals surface area contributed by atoms with E-state index in [9.17, 15) is 21.6 Å². The van der Waals surface area contributed by atoms with Gasteiger partial charge in [-0.25, -0.2) is 0 Å². The fourth-order valence-electron chi connectivity index (χ4n) is 3.93. The Morgan fingerprint density at radius 1 is 0.853 bits per heavy atom. The summed E-state index contributed by atoms with van der Waals surface area (Å²) in [6, 6.07) is 18.9. The van der Waals surface area contributed by atoms with Gasteiger partial charge in [0.1, 0.15) is 10.6 Å². The van der Waals surface area contributed by atoms with Gasteiger partial charge in [0.15, 0.2) is 0 Å². The van der Waals surface area contributed by atoms with E-state index in [0.717, 1.165) is 17.3 Å². The number of halogens is 3. The molecule has 0 aliphatic carbocycles. The molecule has 0 amide bonds. The van der Waals surface area contributed by atoms with Gasteiger partial charge in [0.05, 0.1) is 5.56 Å². The first-order valence-corrected chi connectivity index (χ1v) is 12.3. The molecule has 3 aromatic carbocycles. The van der Waals surface area contributed by atoms with Gasteiger partial charge in [0.2, 0.25) is 0 Å². The van der Waals surface area contributed by atoms with Crippen molar-refractivity contribution in [3.63, 3.8) is 0 Å². The highest BCUT2D eigenvalue weighted by Gasteiger charge is 2.33. The molecule has 1 heterocycles. The molecule has 0 saturated carbocycles. The Kier molecular flexibility index (Phi) is 6.86. The van der Waals surface area contributed by atoms with Crippen LogP contribution in [0.15, 0.2) is 77.7 Å². The number of alkyl halides is 3. The zero-order valence-electron chi connectivity index (χ0n) is 18.6. The minimum absolute atomic E-state index is 0.0883. The Morgan fingerprint density at radius 3 is 2.09 bits per heavy atom. The molecule has 0 aromatic heterocycles. The molecule has 0 unspecified atom stereocenters. The van der Waals surface area contributed by atoms with Gasteiger partial charge in [-0.3, -0.25) is 4.90 Å². The molecule has 5 nitrogen and oxygen atoms in total. The van der Waals surface area contributed by atoms with Crippen molar-refractivity contribution in [3.8, 4) is 5.75 Å². The number of hydrogen-bond donors (Lipinski definition) is 0. The highest BCUT2D eigenvalue weighted by atomic mass is 32.2. The van der Waals surface area contributed by atoms with E-state index in [0.29, 0.717) is 26.2 Å². The largest absolute Gasteiger partial charge is 0.416 e. The van der Waals surface area contributed by atoms with Crippen LogP contribution in [0.25, 0.3) is 0 Å². The van der Waals surface area contributed by atoms with Gasteiger partial charge < -0.3 is 9.08 Å². The zero-order valence-corrected chi connectivity index (χ0v) is 19.4. The van der Waals surface area contributed by atoms with Crippen molar-refractivity contribution in [2.75, 3.05) is 31.1 Å². The molecule has 0 N–H and O–H groups in total. The Hall–Kier alpha value is -3.04. The van der Waals surface area contributed by atoms with Crippen molar-refractivity contribution in [1.29, 1.82) is 0 Å². The second-order valence-electron chi connectivity index (χ2n) is 8.26. The van der Waals surface area contributed by atoms with Gasteiger partial charge in [-0.2, -0.15) is 21.6 Å². The normalized spacial score (nSPS) is 15.4. The summed E-state index contributed by atoms with van der Waals surface area (Å²) >= 11 is 0. The number of piperazine rings is 1. The predicted octanol–water partition coefficient (Wildman–Crippen LogP) is 5.10. The van der Waals surface area contributed by atoms with Crippen LogP contribution in [0.4, 0.5) is 18.9 Å². The molecule has 1 aliphatic rings. The lowest BCUT2D eigenvalue weighted by Gasteiger charge is -2.36. The molecule has 9 heteroatoms. The van der Waals surface area contributed by atoms with Gasteiger partial charge in [-0.15, -0.1) is 0 Å². The maximum atomic E-state index is 13.3. The summed E-state index contributed by atoms with van der Waals surface area (Å²) < 4.78 is 69.9. The average Bonchev–Trinajstić information content (AvgIpc) is 2.80. The van der Waals surface area contributed by atoms with Crippen LogP contribution in [0.5, 0.6) is 5.75 Å². The zero-order chi connectivity index (χ0) is 24.3. The molecule has 0 bridgehead atoms. The van der Waals surface area contributed by atoms with Crippen LogP contribution in [-0.4, -0.2) is 39.5 Å². The number of nitrogens with zero attached hydrogens (tertiary/aromatic N) is 2. The monoisotopic (exact) mass is 490 g/mol. The minimum Gasteiger partial charge on any atom is -0.379 e. The van der Waals surface area contributed by atoms with E-state index in [2.05, 4.69) is 4.90 Å². The fourth-order valence-corrected chi connectivity index (χ4v) is 4.86. The standard InChI is InChI=1S/C25H25F3N2O3S/c1-19-6-12-23(13-7-19)34(31,32)33-22-10-8-21(9-11-22)30-16-14-29(15-17-30)18-20-4-2-3-5-24(20)25(26,27)28/h2-13H,14-18H2,1H3. The van der Waals surface area contributed by atoms with E-state index < -0.39 is 21.9 Å². The van der Waals surface area contributed by atoms with Crippen LogP contribution in [0.1, 0.15) is 16.7 Å². The van der Waals surface area contributed by atoms with Crippen LogP contribution < -0.4 is 9.08 Å². The second kappa shape index (κ2) is 9.68. The van der Waals surface area contributed by atoms with Crippen molar-refractivity contribution in [2.45, 2.75) is 24.5 Å². The first-order valence-electron chi connectivity index (χ1n) is 10.9. The van der Waals surface area contributed by atoms with Crippen LogP contribution >= 0.6 is 0 Å². The van der Waals surface area contributed by atoms with Gasteiger partial charge in [-0.1, -0.05) is 35.9 Å². The molecule has 180 valence electrons. The minimum atomic E-state index is -4.37. The number of hydrogen-bond acceptors (Lipinski definition) is 5. The van der Waals surface area contributed by atoms with Crippen LogP contribution in [0.2, 0.25) is 0 Å². The van der Waals surface area contributed by atoms with Crippen molar-refractivity contribution in [3.05, 3.63) is 89.5 Å². The lowest BCUT2D eigenvalue weighted by molar-refractivity contribution is -0.138. The van der Waals surface area contributed by atoms with Crippen LogP contribution in [0.3, 0.4) is 0 Å². The number of rotatable bonds is 6. The first-order chi connectivity index (χ1) is 16.1. The van der Waals surface area contributed by atoms with Gasteiger partial charge >= 0.3 is 16.3 Å². The third kappa shape index (κ3) is 5.71. The third-order valence-corrected chi connectivity index (χ3v) is 7.07. The second-order valence-corrected chi connectivity index (χ2v) is 9.81. The fraction of sp³-hybridized carbons (Fsp3) is 0.280. The van der Waals surface area contributed by atoms with Crippen LogP contribution in [0, 0.1) is 6.92 Å². The van der Waals surface area contributed by atoms with E-state index >= 15 is 0 Å². The first kappa shape index (κ1) is 24.1. The predicted molar refractivity (Wildman–Crippen MR) is 124 cm³/mol. The third-order valence-electron chi connectivity index (χ3n) is 5.81. The van der Waals surface area contributed by atoms with Gasteiger partial charge in [0.25, 0.3) is 0 Å². The lowest BCUT2D eigenvalue weighted by Crippen LogP contribution is -2.46. The van der Waals surface area contributed by atoms with Crippen LogP contribution in [-0.2, 0) is 22.8 Å². The smallest absolute Gasteiger partial charge is 0.379 e. The average molecular weight is 491 g/mol. The lowest BCUT2D eigenvalue weighted by atomic mass is 10.1. The molecule has 0 spiro atoms. The number of benzene rings is 3. The van der Waals surface area contributed by atoms with E-state index in [-0.39, 0.29) is 22.8 Å². The van der Waals surface area contributed by atoms with Crippen molar-refractivity contribution in [2.24, 2.45) is 0 Å². The van der Waals surface area contributed by atoms with E-state index in [1.807, 2.05) is 11.8 Å². The van der Waals surface area contributed by atoms with Crippen molar-refractivity contribution in [1.82, 2.24) is 4.90 Å². The highest BCUT2D eigenvalue weighted by Crippen LogP contribution is 2.32.